The minimum Gasteiger partial charge on any atom is -0.394 e. The van der Waals surface area contributed by atoms with Crippen LogP contribution in [0.2, 0.25) is 0 Å². The van der Waals surface area contributed by atoms with E-state index in [0.29, 0.717) is 32.7 Å². The molecule has 2 aliphatic rings. The Bertz CT molecular complexity index is 1730. The quantitative estimate of drug-likeness (QED) is 0.0770. The molecular weight excluding hydrogens is 690 g/mol. The summed E-state index contributed by atoms with van der Waals surface area (Å²) in [4.78, 5) is 0. The Labute approximate surface area is 317 Å². The van der Waals surface area contributed by atoms with Crippen LogP contribution in [-0.2, 0) is 41.3 Å². The molecule has 2 saturated heterocycles. The standard InChI is InChI=1S/C42H57N3O9/c43-25-33-39(49-21-7-9-27-15-17-29-11-1-3-13-31(29)23-27)40(50-22-8-10-28-16-18-30-12-2-4-14-32(30)24-28)36(45)42(53-33)52-20-6-5-19-51-41-35(44)38(48)37(47)34(26-46)54-41/h1-4,11-18,23-24,33-42,46-48H,5-10,19-22,25-26,43-45H2. The summed E-state index contributed by atoms with van der Waals surface area (Å²) in [6.45, 7) is 1.33. The first-order chi connectivity index (χ1) is 26.4. The Morgan fingerprint density at radius 1 is 0.537 bits per heavy atom. The molecule has 4 aromatic carbocycles. The van der Waals surface area contributed by atoms with Crippen LogP contribution in [0.4, 0.5) is 0 Å². The lowest BCUT2D eigenvalue weighted by Crippen LogP contribution is -2.64. The monoisotopic (exact) mass is 747 g/mol. The zero-order valence-corrected chi connectivity index (χ0v) is 30.9. The molecule has 0 aromatic heterocycles. The highest BCUT2D eigenvalue weighted by Gasteiger charge is 2.46. The molecule has 0 aliphatic carbocycles. The molecule has 2 fully saturated rings. The van der Waals surface area contributed by atoms with Crippen LogP contribution in [0, 0.1) is 0 Å². The second-order valence-electron chi connectivity index (χ2n) is 14.3. The molecule has 54 heavy (non-hydrogen) atoms. The number of rotatable bonds is 19. The molecule has 0 radical (unpaired) electrons. The first-order valence-corrected chi connectivity index (χ1v) is 19.3. The molecule has 0 saturated carbocycles. The lowest BCUT2D eigenvalue weighted by atomic mass is 9.96. The molecule has 10 unspecified atom stereocenters. The lowest BCUT2D eigenvalue weighted by molar-refractivity contribution is -0.274. The Kier molecular flexibility index (Phi) is 15.2. The maximum absolute atomic E-state index is 10.2. The molecule has 10 atom stereocenters. The van der Waals surface area contributed by atoms with Gasteiger partial charge in [-0.25, -0.2) is 0 Å². The maximum Gasteiger partial charge on any atom is 0.175 e. The van der Waals surface area contributed by atoms with Crippen molar-refractivity contribution < 1.29 is 43.7 Å². The molecule has 0 amide bonds. The number of hydrogen-bond donors (Lipinski definition) is 6. The fourth-order valence-corrected chi connectivity index (χ4v) is 7.31. The Morgan fingerprint density at radius 3 is 1.56 bits per heavy atom. The van der Waals surface area contributed by atoms with Crippen molar-refractivity contribution in [3.05, 3.63) is 96.1 Å². The van der Waals surface area contributed by atoms with Crippen LogP contribution in [-0.4, -0.2) is 116 Å². The Hall–Kier alpha value is -3.08. The summed E-state index contributed by atoms with van der Waals surface area (Å²) in [6.07, 6.45) is -2.11. The number of aliphatic hydroxyl groups excluding tert-OH is 3. The van der Waals surface area contributed by atoms with Crippen molar-refractivity contribution in [2.24, 2.45) is 17.2 Å². The minimum atomic E-state index is -1.28. The van der Waals surface area contributed by atoms with Crippen molar-refractivity contribution in [2.45, 2.75) is 99.8 Å². The van der Waals surface area contributed by atoms with E-state index < -0.39 is 67.9 Å². The second kappa shape index (κ2) is 20.2. The molecular formula is C42H57N3O9. The molecule has 294 valence electrons. The van der Waals surface area contributed by atoms with Crippen molar-refractivity contribution in [1.29, 1.82) is 0 Å². The zero-order valence-electron chi connectivity index (χ0n) is 30.9. The van der Waals surface area contributed by atoms with Crippen molar-refractivity contribution in [2.75, 3.05) is 39.6 Å². The van der Waals surface area contributed by atoms with Gasteiger partial charge in [0.1, 0.15) is 36.6 Å². The van der Waals surface area contributed by atoms with Gasteiger partial charge in [0, 0.05) is 33.0 Å². The number of benzene rings is 4. The molecule has 0 bridgehead atoms. The predicted molar refractivity (Wildman–Crippen MR) is 207 cm³/mol. The van der Waals surface area contributed by atoms with Gasteiger partial charge in [0.25, 0.3) is 0 Å². The molecule has 9 N–H and O–H groups in total. The van der Waals surface area contributed by atoms with E-state index in [1.807, 2.05) is 12.1 Å². The van der Waals surface area contributed by atoms with Gasteiger partial charge < -0.3 is 60.9 Å². The van der Waals surface area contributed by atoms with Crippen LogP contribution < -0.4 is 17.2 Å². The largest absolute Gasteiger partial charge is 0.394 e. The summed E-state index contributed by atoms with van der Waals surface area (Å²) in [5, 5.41) is 34.5. The third kappa shape index (κ3) is 10.4. The van der Waals surface area contributed by atoms with E-state index in [4.69, 9.17) is 45.6 Å². The Morgan fingerprint density at radius 2 is 1.02 bits per heavy atom. The highest BCUT2D eigenvalue weighted by Crippen LogP contribution is 2.27. The van der Waals surface area contributed by atoms with Gasteiger partial charge in [0.15, 0.2) is 12.6 Å². The number of nitrogens with two attached hydrogens (primary N) is 3. The first kappa shape index (κ1) is 40.6. The minimum absolute atomic E-state index is 0.212. The second-order valence-corrected chi connectivity index (χ2v) is 14.3. The van der Waals surface area contributed by atoms with E-state index in [1.54, 1.807) is 0 Å². The van der Waals surface area contributed by atoms with Gasteiger partial charge in [-0.15, -0.1) is 0 Å². The van der Waals surface area contributed by atoms with Crippen LogP contribution in [0.1, 0.15) is 36.8 Å². The molecule has 12 nitrogen and oxygen atoms in total. The fourth-order valence-electron chi connectivity index (χ4n) is 7.31. The number of aryl methyl sites for hydroxylation is 2. The number of unbranched alkanes of at least 4 members (excludes halogenated alkanes) is 1. The van der Waals surface area contributed by atoms with E-state index in [9.17, 15) is 15.3 Å². The maximum atomic E-state index is 10.2. The SMILES string of the molecule is NCC1OC(OCCCCOC2OC(CO)C(O)C(O)C2N)C(N)C(OCCCc2ccc3ccccc3c2)C1OCCCc1ccc2ccccc2c1. The molecule has 0 spiro atoms. The fraction of sp³-hybridized carbons (Fsp3) is 0.524. The first-order valence-electron chi connectivity index (χ1n) is 19.3. The summed E-state index contributed by atoms with van der Waals surface area (Å²) >= 11 is 0. The van der Waals surface area contributed by atoms with E-state index in [1.165, 1.54) is 32.7 Å². The van der Waals surface area contributed by atoms with E-state index >= 15 is 0 Å². The van der Waals surface area contributed by atoms with Gasteiger partial charge in [-0.3, -0.25) is 0 Å². The van der Waals surface area contributed by atoms with Crippen LogP contribution in [0.25, 0.3) is 21.5 Å². The third-order valence-corrected chi connectivity index (χ3v) is 10.4. The highest BCUT2D eigenvalue weighted by atomic mass is 16.7. The zero-order chi connectivity index (χ0) is 37.9. The van der Waals surface area contributed by atoms with Gasteiger partial charge in [-0.2, -0.15) is 0 Å². The van der Waals surface area contributed by atoms with Crippen molar-refractivity contribution >= 4 is 21.5 Å². The smallest absolute Gasteiger partial charge is 0.175 e. The number of fused-ring (bicyclic) bond motifs is 2. The van der Waals surface area contributed by atoms with Crippen LogP contribution >= 0.6 is 0 Å². The average molecular weight is 748 g/mol. The summed E-state index contributed by atoms with van der Waals surface area (Å²) < 4.78 is 36.8. The third-order valence-electron chi connectivity index (χ3n) is 10.4. The van der Waals surface area contributed by atoms with Crippen molar-refractivity contribution in [1.82, 2.24) is 0 Å². The molecule has 6 rings (SSSR count). The number of hydrogen-bond acceptors (Lipinski definition) is 12. The summed E-state index contributed by atoms with van der Waals surface area (Å²) in [5.41, 5.74) is 21.6. The molecule has 12 heteroatoms. The average Bonchev–Trinajstić information content (AvgIpc) is 3.20. The normalized spacial score (nSPS) is 28.9. The van der Waals surface area contributed by atoms with Gasteiger partial charge in [0.05, 0.1) is 18.7 Å². The molecule has 2 aliphatic heterocycles. The van der Waals surface area contributed by atoms with E-state index in [2.05, 4.69) is 72.8 Å². The number of ether oxygens (including phenoxy) is 6. The highest BCUT2D eigenvalue weighted by molar-refractivity contribution is 5.83. The summed E-state index contributed by atoms with van der Waals surface area (Å²) in [6, 6.07) is 28.2. The predicted octanol–water partition coefficient (Wildman–Crippen LogP) is 2.92. The van der Waals surface area contributed by atoms with Crippen LogP contribution in [0.5, 0.6) is 0 Å². The molecule has 2 heterocycles. The number of aliphatic hydroxyl groups is 3. The van der Waals surface area contributed by atoms with Crippen LogP contribution in [0.3, 0.4) is 0 Å². The topological polar surface area (TPSA) is 194 Å². The lowest BCUT2D eigenvalue weighted by Gasteiger charge is -2.44. The van der Waals surface area contributed by atoms with E-state index in [0.717, 1.165) is 25.7 Å². The summed E-state index contributed by atoms with van der Waals surface area (Å²) in [7, 11) is 0. The van der Waals surface area contributed by atoms with Crippen molar-refractivity contribution in [3.8, 4) is 0 Å². The van der Waals surface area contributed by atoms with Crippen molar-refractivity contribution in [3.63, 3.8) is 0 Å². The van der Waals surface area contributed by atoms with Gasteiger partial charge in [-0.1, -0.05) is 84.9 Å². The van der Waals surface area contributed by atoms with E-state index in [-0.39, 0.29) is 13.2 Å². The molecule has 4 aromatic rings. The van der Waals surface area contributed by atoms with Gasteiger partial charge in [-0.05, 0) is 71.2 Å². The summed E-state index contributed by atoms with van der Waals surface area (Å²) in [5.74, 6) is 0. The Balaban J connectivity index is 1.01. The van der Waals surface area contributed by atoms with Gasteiger partial charge >= 0.3 is 0 Å². The van der Waals surface area contributed by atoms with Crippen LogP contribution in [0.15, 0.2) is 84.9 Å². The van der Waals surface area contributed by atoms with Gasteiger partial charge in [0.2, 0.25) is 0 Å².